The summed E-state index contributed by atoms with van der Waals surface area (Å²) in [6.07, 6.45) is -0.838. The fraction of sp³-hybridized carbons (Fsp3) is 0.417. The van der Waals surface area contributed by atoms with Gasteiger partial charge >= 0.3 is 6.09 Å². The summed E-state index contributed by atoms with van der Waals surface area (Å²) in [7, 11) is 1.65. The number of carboxylic acid groups (broad SMARTS) is 1. The van der Waals surface area contributed by atoms with Crippen molar-refractivity contribution in [1.29, 1.82) is 0 Å². The van der Waals surface area contributed by atoms with Crippen LogP contribution in [0.2, 0.25) is 0 Å². The van der Waals surface area contributed by atoms with Gasteiger partial charge in [0.2, 0.25) is 0 Å². The molecule has 4 nitrogen and oxygen atoms in total. The average Bonchev–Trinajstić information content (AvgIpc) is 2.17. The Bertz CT molecular complexity index is 411. The normalized spacial score (nSPS) is 15.8. The first-order valence-corrected chi connectivity index (χ1v) is 5.24. The van der Waals surface area contributed by atoms with Crippen LogP contribution in [0.4, 0.5) is 4.79 Å². The van der Waals surface area contributed by atoms with Crippen LogP contribution in [-0.4, -0.2) is 36.3 Å². The van der Waals surface area contributed by atoms with Gasteiger partial charge in [-0.25, -0.2) is 4.79 Å². The van der Waals surface area contributed by atoms with E-state index in [-0.39, 0.29) is 0 Å². The number of methoxy groups -OCH3 is 1. The van der Waals surface area contributed by atoms with Gasteiger partial charge in [0.25, 0.3) is 0 Å². The van der Waals surface area contributed by atoms with Crippen LogP contribution >= 0.6 is 0 Å². The molecule has 16 heavy (non-hydrogen) atoms. The SMILES string of the molecule is COc1cc(C2CN(C(=O)O)C2)ccc1C. The molecule has 0 bridgehead atoms. The van der Waals surface area contributed by atoms with E-state index in [9.17, 15) is 4.79 Å². The largest absolute Gasteiger partial charge is 0.496 e. The number of hydrogen-bond donors (Lipinski definition) is 1. The van der Waals surface area contributed by atoms with Gasteiger partial charge in [0.05, 0.1) is 7.11 Å². The predicted octanol–water partition coefficient (Wildman–Crippen LogP) is 2.08. The van der Waals surface area contributed by atoms with Crippen LogP contribution in [0.25, 0.3) is 0 Å². The van der Waals surface area contributed by atoms with Crippen molar-refractivity contribution in [1.82, 2.24) is 4.90 Å². The van der Waals surface area contributed by atoms with Crippen molar-refractivity contribution in [2.45, 2.75) is 12.8 Å². The van der Waals surface area contributed by atoms with Gasteiger partial charge < -0.3 is 14.7 Å². The van der Waals surface area contributed by atoms with Crippen LogP contribution in [0.5, 0.6) is 5.75 Å². The summed E-state index contributed by atoms with van der Waals surface area (Å²) in [4.78, 5) is 12.1. The number of ether oxygens (including phenoxy) is 1. The van der Waals surface area contributed by atoms with E-state index in [0.29, 0.717) is 19.0 Å². The van der Waals surface area contributed by atoms with Gasteiger partial charge in [-0.15, -0.1) is 0 Å². The van der Waals surface area contributed by atoms with Gasteiger partial charge in [0.1, 0.15) is 5.75 Å². The second kappa shape index (κ2) is 4.04. The first-order chi connectivity index (χ1) is 7.61. The Labute approximate surface area is 94.4 Å². The summed E-state index contributed by atoms with van der Waals surface area (Å²) in [5.41, 5.74) is 2.25. The zero-order chi connectivity index (χ0) is 11.7. The summed E-state index contributed by atoms with van der Waals surface area (Å²) >= 11 is 0. The summed E-state index contributed by atoms with van der Waals surface area (Å²) in [5, 5.41) is 8.74. The number of carbonyl (C=O) groups is 1. The summed E-state index contributed by atoms with van der Waals surface area (Å²) in [5.74, 6) is 1.18. The maximum absolute atomic E-state index is 10.6. The van der Waals surface area contributed by atoms with E-state index in [0.717, 1.165) is 16.9 Å². The number of aryl methyl sites for hydroxylation is 1. The smallest absolute Gasteiger partial charge is 0.407 e. The molecular weight excluding hydrogens is 206 g/mol. The number of amides is 1. The van der Waals surface area contributed by atoms with Gasteiger partial charge in [-0.3, -0.25) is 0 Å². The highest BCUT2D eigenvalue weighted by atomic mass is 16.5. The van der Waals surface area contributed by atoms with E-state index in [4.69, 9.17) is 9.84 Å². The number of nitrogens with zero attached hydrogens (tertiary/aromatic N) is 1. The molecule has 1 saturated heterocycles. The number of benzene rings is 1. The van der Waals surface area contributed by atoms with Gasteiger partial charge in [-0.05, 0) is 24.1 Å². The van der Waals surface area contributed by atoms with Crippen molar-refractivity contribution in [3.63, 3.8) is 0 Å². The molecule has 1 fully saturated rings. The highest BCUT2D eigenvalue weighted by Crippen LogP contribution is 2.30. The molecule has 2 rings (SSSR count). The van der Waals surface area contributed by atoms with Crippen molar-refractivity contribution in [2.24, 2.45) is 0 Å². The highest BCUT2D eigenvalue weighted by Gasteiger charge is 2.31. The second-order valence-electron chi connectivity index (χ2n) is 4.11. The quantitative estimate of drug-likeness (QED) is 0.831. The van der Waals surface area contributed by atoms with Crippen LogP contribution in [0.1, 0.15) is 17.0 Å². The Balaban J connectivity index is 2.09. The third kappa shape index (κ3) is 1.83. The van der Waals surface area contributed by atoms with Crippen molar-refractivity contribution in [3.8, 4) is 5.75 Å². The molecule has 1 amide bonds. The molecule has 0 spiro atoms. The van der Waals surface area contributed by atoms with Crippen LogP contribution < -0.4 is 4.74 Å². The zero-order valence-corrected chi connectivity index (χ0v) is 9.43. The van der Waals surface area contributed by atoms with Crippen molar-refractivity contribution >= 4 is 6.09 Å². The standard InChI is InChI=1S/C12H15NO3/c1-8-3-4-9(5-11(8)16-2)10-6-13(7-10)12(14)15/h3-5,10H,6-7H2,1-2H3,(H,14,15). The fourth-order valence-corrected chi connectivity index (χ4v) is 1.94. The molecule has 1 N–H and O–H groups in total. The molecule has 4 heteroatoms. The van der Waals surface area contributed by atoms with Crippen LogP contribution in [0.3, 0.4) is 0 Å². The molecular formula is C12H15NO3. The van der Waals surface area contributed by atoms with Gasteiger partial charge in [0, 0.05) is 19.0 Å². The molecule has 1 aromatic carbocycles. The molecule has 1 aliphatic heterocycles. The Kier molecular flexibility index (Phi) is 2.73. The minimum Gasteiger partial charge on any atom is -0.496 e. The first-order valence-electron chi connectivity index (χ1n) is 5.24. The molecule has 1 heterocycles. The number of rotatable bonds is 2. The van der Waals surface area contributed by atoms with E-state index in [2.05, 4.69) is 0 Å². The van der Waals surface area contributed by atoms with Gasteiger partial charge in [0.15, 0.2) is 0 Å². The number of hydrogen-bond acceptors (Lipinski definition) is 2. The predicted molar refractivity (Wildman–Crippen MR) is 60.1 cm³/mol. The Morgan fingerprint density at radius 2 is 2.19 bits per heavy atom. The summed E-state index contributed by atoms with van der Waals surface area (Å²) in [6, 6.07) is 6.05. The van der Waals surface area contributed by atoms with Crippen LogP contribution in [0.15, 0.2) is 18.2 Å². The number of likely N-dealkylation sites (tertiary alicyclic amines) is 1. The molecule has 0 atom stereocenters. The lowest BCUT2D eigenvalue weighted by Gasteiger charge is -2.37. The van der Waals surface area contributed by atoms with E-state index >= 15 is 0 Å². The molecule has 1 aromatic rings. The van der Waals surface area contributed by atoms with Gasteiger partial charge in [-0.2, -0.15) is 0 Å². The lowest BCUT2D eigenvalue weighted by molar-refractivity contribution is 0.105. The Morgan fingerprint density at radius 1 is 1.50 bits per heavy atom. The van der Waals surface area contributed by atoms with E-state index < -0.39 is 6.09 Å². The zero-order valence-electron chi connectivity index (χ0n) is 9.43. The highest BCUT2D eigenvalue weighted by molar-refractivity contribution is 5.66. The summed E-state index contributed by atoms with van der Waals surface area (Å²) < 4.78 is 5.25. The van der Waals surface area contributed by atoms with Crippen molar-refractivity contribution in [2.75, 3.05) is 20.2 Å². The fourth-order valence-electron chi connectivity index (χ4n) is 1.94. The lowest BCUT2D eigenvalue weighted by atomic mass is 9.91. The van der Waals surface area contributed by atoms with Crippen LogP contribution in [-0.2, 0) is 0 Å². The van der Waals surface area contributed by atoms with E-state index in [1.165, 1.54) is 4.90 Å². The van der Waals surface area contributed by atoms with E-state index in [1.807, 2.05) is 25.1 Å². The lowest BCUT2D eigenvalue weighted by Crippen LogP contribution is -2.47. The maximum atomic E-state index is 10.6. The summed E-state index contributed by atoms with van der Waals surface area (Å²) in [6.45, 7) is 3.16. The molecule has 0 aromatic heterocycles. The second-order valence-corrected chi connectivity index (χ2v) is 4.11. The molecule has 0 unspecified atom stereocenters. The molecule has 0 radical (unpaired) electrons. The van der Waals surface area contributed by atoms with Crippen LogP contribution in [0, 0.1) is 6.92 Å². The Hall–Kier alpha value is -1.71. The Morgan fingerprint density at radius 3 is 2.75 bits per heavy atom. The third-order valence-corrected chi connectivity index (χ3v) is 3.06. The molecule has 1 aliphatic rings. The monoisotopic (exact) mass is 221 g/mol. The van der Waals surface area contributed by atoms with E-state index in [1.54, 1.807) is 7.11 Å². The topological polar surface area (TPSA) is 49.8 Å². The van der Waals surface area contributed by atoms with Crippen molar-refractivity contribution in [3.05, 3.63) is 29.3 Å². The van der Waals surface area contributed by atoms with Crippen molar-refractivity contribution < 1.29 is 14.6 Å². The first kappa shape index (κ1) is 10.8. The third-order valence-electron chi connectivity index (χ3n) is 3.06. The molecule has 0 aliphatic carbocycles. The average molecular weight is 221 g/mol. The maximum Gasteiger partial charge on any atom is 0.407 e. The van der Waals surface area contributed by atoms with Gasteiger partial charge in [-0.1, -0.05) is 12.1 Å². The minimum absolute atomic E-state index is 0.311. The minimum atomic E-state index is -0.838. The molecule has 86 valence electrons. The molecule has 0 saturated carbocycles.